The van der Waals surface area contributed by atoms with Gasteiger partial charge in [-0.1, -0.05) is 32.3 Å². The molecule has 1 aliphatic carbocycles. The van der Waals surface area contributed by atoms with E-state index in [0.29, 0.717) is 0 Å². The van der Waals surface area contributed by atoms with Crippen molar-refractivity contribution in [1.29, 1.82) is 0 Å². The molecule has 0 bridgehead atoms. The Morgan fingerprint density at radius 2 is 2.05 bits per heavy atom. The summed E-state index contributed by atoms with van der Waals surface area (Å²) in [6, 6.07) is 2.50. The highest BCUT2D eigenvalue weighted by Crippen LogP contribution is 2.41. The normalized spacial score (nSPS) is 19.8. The molecule has 0 aliphatic heterocycles. The third-order valence-corrected chi connectivity index (χ3v) is 4.46. The lowest BCUT2D eigenvalue weighted by molar-refractivity contribution is -0.0688. The van der Waals surface area contributed by atoms with Crippen molar-refractivity contribution in [3.8, 4) is 0 Å². The lowest BCUT2D eigenvalue weighted by Gasteiger charge is -2.43. The first-order chi connectivity index (χ1) is 9.72. The molecule has 1 aliphatic rings. The molecule has 1 fully saturated rings. The predicted molar refractivity (Wildman–Crippen MR) is 82.8 cm³/mol. The van der Waals surface area contributed by atoms with Crippen molar-refractivity contribution in [1.82, 2.24) is 10.3 Å². The molecular weight excluding hydrogens is 248 g/mol. The Bertz CT molecular complexity index is 413. The summed E-state index contributed by atoms with van der Waals surface area (Å²) in [5.74, 6) is 0. The molecule has 0 saturated heterocycles. The number of aryl methyl sites for hydroxylation is 1. The lowest BCUT2D eigenvalue weighted by atomic mass is 9.76. The van der Waals surface area contributed by atoms with E-state index in [9.17, 15) is 0 Å². The average Bonchev–Trinajstić information content (AvgIpc) is 2.48. The van der Waals surface area contributed by atoms with Crippen molar-refractivity contribution in [2.24, 2.45) is 0 Å². The van der Waals surface area contributed by atoms with Crippen LogP contribution in [0.1, 0.15) is 62.6 Å². The van der Waals surface area contributed by atoms with Gasteiger partial charge in [0.1, 0.15) is 0 Å². The molecule has 112 valence electrons. The third-order valence-electron chi connectivity index (χ3n) is 4.46. The minimum atomic E-state index is -0.0666. The summed E-state index contributed by atoms with van der Waals surface area (Å²) in [6.07, 6.45) is 11.2. The van der Waals surface area contributed by atoms with E-state index in [0.717, 1.165) is 25.8 Å². The number of nitrogens with zero attached hydrogens (tertiary/aromatic N) is 1. The van der Waals surface area contributed by atoms with Gasteiger partial charge in [0, 0.05) is 19.5 Å². The summed E-state index contributed by atoms with van der Waals surface area (Å²) in [4.78, 5) is 4.38. The number of hydrogen-bond donors (Lipinski definition) is 1. The summed E-state index contributed by atoms with van der Waals surface area (Å²) in [6.45, 7) is 5.33. The van der Waals surface area contributed by atoms with Gasteiger partial charge in [-0.05, 0) is 43.9 Å². The topological polar surface area (TPSA) is 34.2 Å². The van der Waals surface area contributed by atoms with Crippen LogP contribution < -0.4 is 5.32 Å². The molecule has 0 radical (unpaired) electrons. The van der Waals surface area contributed by atoms with Crippen LogP contribution in [0, 0.1) is 6.92 Å². The number of pyridine rings is 1. The van der Waals surface area contributed by atoms with Crippen LogP contribution in [0.2, 0.25) is 0 Å². The number of nitrogens with one attached hydrogen (secondary N) is 1. The van der Waals surface area contributed by atoms with Gasteiger partial charge in [-0.25, -0.2) is 0 Å². The molecular formula is C17H28N2O. The molecule has 0 spiro atoms. The fraction of sp³-hybridized carbons (Fsp3) is 0.706. The standard InChI is InChI=1S/C17H28N2O/c1-4-10-19-16(15-11-14(2)12-18-13-15)17(20-3)8-6-5-7-9-17/h11-13,16,19H,4-10H2,1-3H3. The SMILES string of the molecule is CCCNC(c1cncc(C)c1)C1(OC)CCCCC1. The van der Waals surface area contributed by atoms with Gasteiger partial charge in [-0.3, -0.25) is 4.98 Å². The number of rotatable bonds is 6. The highest BCUT2D eigenvalue weighted by atomic mass is 16.5. The van der Waals surface area contributed by atoms with E-state index in [1.165, 1.54) is 30.4 Å². The summed E-state index contributed by atoms with van der Waals surface area (Å²) >= 11 is 0. The average molecular weight is 276 g/mol. The Morgan fingerprint density at radius 1 is 1.30 bits per heavy atom. The van der Waals surface area contributed by atoms with Gasteiger partial charge in [0.2, 0.25) is 0 Å². The van der Waals surface area contributed by atoms with E-state index in [-0.39, 0.29) is 11.6 Å². The fourth-order valence-corrected chi connectivity index (χ4v) is 3.39. The van der Waals surface area contributed by atoms with Gasteiger partial charge in [-0.2, -0.15) is 0 Å². The van der Waals surface area contributed by atoms with Crippen LogP contribution in [-0.4, -0.2) is 24.2 Å². The van der Waals surface area contributed by atoms with Gasteiger partial charge in [-0.15, -0.1) is 0 Å². The molecule has 0 aromatic carbocycles. The third kappa shape index (κ3) is 3.39. The first kappa shape index (κ1) is 15.5. The second-order valence-electron chi connectivity index (χ2n) is 6.01. The maximum absolute atomic E-state index is 6.04. The number of hydrogen-bond acceptors (Lipinski definition) is 3. The van der Waals surface area contributed by atoms with Crippen LogP contribution in [0.4, 0.5) is 0 Å². The molecule has 1 heterocycles. The minimum absolute atomic E-state index is 0.0666. The van der Waals surface area contributed by atoms with Crippen molar-refractivity contribution in [3.05, 3.63) is 29.6 Å². The maximum atomic E-state index is 6.04. The van der Waals surface area contributed by atoms with Crippen LogP contribution in [0.15, 0.2) is 18.5 Å². The van der Waals surface area contributed by atoms with Crippen molar-refractivity contribution in [3.63, 3.8) is 0 Å². The van der Waals surface area contributed by atoms with Gasteiger partial charge in [0.05, 0.1) is 11.6 Å². The summed E-state index contributed by atoms with van der Waals surface area (Å²) < 4.78 is 6.04. The molecule has 20 heavy (non-hydrogen) atoms. The van der Waals surface area contributed by atoms with Crippen molar-refractivity contribution < 1.29 is 4.74 Å². The summed E-state index contributed by atoms with van der Waals surface area (Å²) in [5, 5.41) is 3.71. The van der Waals surface area contributed by atoms with E-state index in [1.807, 2.05) is 19.5 Å². The summed E-state index contributed by atoms with van der Waals surface area (Å²) in [7, 11) is 1.87. The monoisotopic (exact) mass is 276 g/mol. The van der Waals surface area contributed by atoms with E-state index in [1.54, 1.807) is 0 Å². The second kappa shape index (κ2) is 7.19. The Hall–Kier alpha value is -0.930. The van der Waals surface area contributed by atoms with Gasteiger partial charge < -0.3 is 10.1 Å². The Balaban J connectivity index is 2.29. The lowest BCUT2D eigenvalue weighted by Crippen LogP contribution is -2.47. The van der Waals surface area contributed by atoms with Crippen molar-refractivity contribution in [2.45, 2.75) is 64.0 Å². The minimum Gasteiger partial charge on any atom is -0.376 e. The first-order valence-corrected chi connectivity index (χ1v) is 7.92. The van der Waals surface area contributed by atoms with Gasteiger partial charge >= 0.3 is 0 Å². The molecule has 1 atom stereocenters. The molecule has 1 N–H and O–H groups in total. The zero-order valence-corrected chi connectivity index (χ0v) is 13.1. The highest BCUT2D eigenvalue weighted by molar-refractivity contribution is 5.23. The van der Waals surface area contributed by atoms with Crippen LogP contribution >= 0.6 is 0 Å². The van der Waals surface area contributed by atoms with Gasteiger partial charge in [0.15, 0.2) is 0 Å². The van der Waals surface area contributed by atoms with E-state index < -0.39 is 0 Å². The molecule has 1 aromatic heterocycles. The largest absolute Gasteiger partial charge is 0.376 e. The van der Waals surface area contributed by atoms with E-state index in [4.69, 9.17) is 4.74 Å². The Kier molecular flexibility index (Phi) is 5.55. The van der Waals surface area contributed by atoms with Crippen LogP contribution in [0.3, 0.4) is 0 Å². The van der Waals surface area contributed by atoms with Crippen LogP contribution in [0.5, 0.6) is 0 Å². The van der Waals surface area contributed by atoms with Crippen molar-refractivity contribution >= 4 is 0 Å². The van der Waals surface area contributed by atoms with Crippen molar-refractivity contribution in [2.75, 3.05) is 13.7 Å². The number of methoxy groups -OCH3 is 1. The summed E-state index contributed by atoms with van der Waals surface area (Å²) in [5.41, 5.74) is 2.41. The molecule has 1 unspecified atom stereocenters. The molecule has 3 nitrogen and oxygen atoms in total. The van der Waals surface area contributed by atoms with E-state index in [2.05, 4.69) is 30.2 Å². The molecule has 1 aromatic rings. The second-order valence-corrected chi connectivity index (χ2v) is 6.01. The molecule has 3 heteroatoms. The first-order valence-electron chi connectivity index (χ1n) is 7.92. The van der Waals surface area contributed by atoms with Crippen LogP contribution in [-0.2, 0) is 4.74 Å². The van der Waals surface area contributed by atoms with E-state index >= 15 is 0 Å². The molecule has 2 rings (SSSR count). The quantitative estimate of drug-likeness (QED) is 0.858. The smallest absolute Gasteiger partial charge is 0.0873 e. The highest BCUT2D eigenvalue weighted by Gasteiger charge is 2.40. The predicted octanol–water partition coefficient (Wildman–Crippen LogP) is 3.78. The number of aromatic nitrogens is 1. The Morgan fingerprint density at radius 3 is 2.65 bits per heavy atom. The zero-order chi connectivity index (χ0) is 14.4. The fourth-order valence-electron chi connectivity index (χ4n) is 3.39. The maximum Gasteiger partial charge on any atom is 0.0873 e. The molecule has 0 amide bonds. The Labute approximate surface area is 123 Å². The number of ether oxygens (including phenoxy) is 1. The van der Waals surface area contributed by atoms with Crippen LogP contribution in [0.25, 0.3) is 0 Å². The zero-order valence-electron chi connectivity index (χ0n) is 13.1. The molecule has 1 saturated carbocycles. The van der Waals surface area contributed by atoms with Gasteiger partial charge in [0.25, 0.3) is 0 Å².